The molecule has 2 aromatic rings. The van der Waals surface area contributed by atoms with Gasteiger partial charge < -0.3 is 0 Å². The number of allylic oxidation sites excluding steroid dienone is 1. The van der Waals surface area contributed by atoms with Crippen LogP contribution < -0.4 is 6.54 Å². The summed E-state index contributed by atoms with van der Waals surface area (Å²) in [5.74, 6) is 0.137. The van der Waals surface area contributed by atoms with E-state index in [1.54, 1.807) is 12.6 Å². The van der Waals surface area contributed by atoms with Gasteiger partial charge in [-0.05, 0) is 13.3 Å². The Morgan fingerprint density at radius 1 is 1.05 bits per heavy atom. The molecule has 0 aliphatic heterocycles. The molecule has 1 nitrogen and oxygen atoms in total. The minimum absolute atomic E-state index is 0.137. The first-order valence-corrected chi connectivity index (χ1v) is 14.0. The van der Waals surface area contributed by atoms with Crippen LogP contribution in [0.3, 0.4) is 0 Å². The number of hydrogen-bond acceptors (Lipinski definition) is 1. The molecule has 0 aliphatic rings. The molecule has 1 atom stereocenters. The number of rotatable bonds is 4. The van der Waals surface area contributed by atoms with Gasteiger partial charge in [-0.15, -0.1) is 6.58 Å². The van der Waals surface area contributed by atoms with E-state index in [0.29, 0.717) is 0 Å². The molecule has 0 amide bonds. The standard InChI is InChI=1S/C6H9N.2C6H5.CH3.Bi/c1-3-4-6(2)5-7;2*1-2-4-6-5-3-1;;/h3,6H,1,4H2,2H3;2*1-5H;1H3;. The van der Waals surface area contributed by atoms with E-state index < -0.39 is 21.8 Å². The minimum atomic E-state index is -1.57. The molecule has 2 rings (SSSR count). The molecule has 0 aromatic heterocycles. The van der Waals surface area contributed by atoms with Gasteiger partial charge in [-0.1, -0.05) is 6.08 Å². The molecule has 0 bridgehead atoms. The molecule has 0 aliphatic carbocycles. The Morgan fingerprint density at radius 2 is 1.48 bits per heavy atom. The van der Waals surface area contributed by atoms with Gasteiger partial charge in [0, 0.05) is 5.92 Å². The summed E-state index contributed by atoms with van der Waals surface area (Å²) < 4.78 is 5.60. The molecule has 108 valence electrons. The number of hydrogen-bond donors (Lipinski definition) is 0. The fraction of sp³-hybridized carbons (Fsp3) is 0.211. The van der Waals surface area contributed by atoms with Crippen LogP contribution in [0.25, 0.3) is 0 Å². The topological polar surface area (TPSA) is 23.8 Å². The third-order valence-electron chi connectivity index (χ3n) is 3.03. The SMILES string of the molecule is C=CCC(C)C#N.[CH3][Bi]([c]1ccccc1)[c]1ccccc1. The third-order valence-corrected chi connectivity index (χ3v) is 11.4. The number of benzene rings is 2. The number of nitrogens with zero attached hydrogens (tertiary/aromatic N) is 1. The van der Waals surface area contributed by atoms with Crippen LogP contribution in [-0.2, 0) is 0 Å². The van der Waals surface area contributed by atoms with Gasteiger partial charge in [-0.3, -0.25) is 0 Å². The van der Waals surface area contributed by atoms with Crippen LogP contribution in [0.4, 0.5) is 0 Å². The molecule has 0 heterocycles. The average molecular weight is 473 g/mol. The second kappa shape index (κ2) is 10.3. The maximum absolute atomic E-state index is 8.17. The van der Waals surface area contributed by atoms with Crippen molar-refractivity contribution >= 4 is 28.3 Å². The molecular formula is C19H22BiN. The van der Waals surface area contributed by atoms with Gasteiger partial charge in [0.05, 0.1) is 6.07 Å². The van der Waals surface area contributed by atoms with Crippen LogP contribution in [0.5, 0.6) is 0 Å². The van der Waals surface area contributed by atoms with E-state index in [1.807, 2.05) is 6.92 Å². The van der Waals surface area contributed by atoms with E-state index >= 15 is 0 Å². The summed E-state index contributed by atoms with van der Waals surface area (Å²) in [4.78, 5) is 0. The summed E-state index contributed by atoms with van der Waals surface area (Å²) in [6, 6.07) is 23.9. The van der Waals surface area contributed by atoms with Crippen molar-refractivity contribution in [3.63, 3.8) is 0 Å². The summed E-state index contributed by atoms with van der Waals surface area (Å²) in [5, 5.41) is 8.17. The zero-order valence-electron chi connectivity index (χ0n) is 12.7. The van der Waals surface area contributed by atoms with E-state index in [4.69, 9.17) is 5.26 Å². The van der Waals surface area contributed by atoms with Crippen molar-refractivity contribution in [1.82, 2.24) is 0 Å². The van der Waals surface area contributed by atoms with Crippen molar-refractivity contribution in [2.24, 2.45) is 5.92 Å². The fourth-order valence-electron chi connectivity index (χ4n) is 1.75. The second-order valence-corrected chi connectivity index (χ2v) is 13.1. The van der Waals surface area contributed by atoms with Crippen LogP contribution in [0, 0.1) is 17.2 Å². The first kappa shape index (κ1) is 17.6. The molecule has 2 heteroatoms. The Balaban J connectivity index is 0.000000270. The molecule has 0 saturated heterocycles. The predicted octanol–water partition coefficient (Wildman–Crippen LogP) is 3.65. The summed E-state index contributed by atoms with van der Waals surface area (Å²) in [6.45, 7) is 5.37. The van der Waals surface area contributed by atoms with Crippen molar-refractivity contribution in [3.8, 4) is 6.07 Å². The Morgan fingerprint density at radius 3 is 1.76 bits per heavy atom. The summed E-state index contributed by atoms with van der Waals surface area (Å²) >= 11 is -1.57. The quantitative estimate of drug-likeness (QED) is 0.492. The fourth-order valence-corrected chi connectivity index (χ4v) is 7.73. The van der Waals surface area contributed by atoms with Crippen LogP contribution in [-0.4, -0.2) is 21.8 Å². The van der Waals surface area contributed by atoms with E-state index in [-0.39, 0.29) is 5.92 Å². The van der Waals surface area contributed by atoms with E-state index in [0.717, 1.165) is 6.42 Å². The first-order chi connectivity index (χ1) is 10.2. The van der Waals surface area contributed by atoms with E-state index in [9.17, 15) is 0 Å². The molecule has 0 fully saturated rings. The van der Waals surface area contributed by atoms with Crippen molar-refractivity contribution in [3.05, 3.63) is 73.3 Å². The Kier molecular flexibility index (Phi) is 8.64. The second-order valence-electron chi connectivity index (χ2n) is 4.78. The summed E-state index contributed by atoms with van der Waals surface area (Å²) in [5.41, 5.74) is 0. The van der Waals surface area contributed by atoms with Crippen molar-refractivity contribution in [1.29, 1.82) is 5.26 Å². The molecule has 2 aromatic carbocycles. The van der Waals surface area contributed by atoms with Crippen LogP contribution in [0.15, 0.2) is 73.3 Å². The van der Waals surface area contributed by atoms with Gasteiger partial charge in [0.1, 0.15) is 0 Å². The molecule has 1 unspecified atom stereocenters. The monoisotopic (exact) mass is 473 g/mol. The summed E-state index contributed by atoms with van der Waals surface area (Å²) in [7, 11) is 0. The van der Waals surface area contributed by atoms with E-state index in [1.165, 1.54) is 0 Å². The van der Waals surface area contributed by atoms with Gasteiger partial charge in [-0.25, -0.2) is 0 Å². The molecule has 0 spiro atoms. The van der Waals surface area contributed by atoms with Crippen LogP contribution >= 0.6 is 0 Å². The number of nitriles is 1. The molecule has 0 radical (unpaired) electrons. The Bertz CT molecular complexity index is 518. The zero-order chi connectivity index (χ0) is 15.5. The van der Waals surface area contributed by atoms with Crippen molar-refractivity contribution < 1.29 is 0 Å². The van der Waals surface area contributed by atoms with Gasteiger partial charge in [-0.2, -0.15) is 5.26 Å². The summed E-state index contributed by atoms with van der Waals surface area (Å²) in [6.07, 6.45) is 2.56. The van der Waals surface area contributed by atoms with Gasteiger partial charge in [0.2, 0.25) is 0 Å². The van der Waals surface area contributed by atoms with Gasteiger partial charge in [0.25, 0.3) is 0 Å². The van der Waals surface area contributed by atoms with Gasteiger partial charge in [0.15, 0.2) is 0 Å². The molecule has 0 saturated carbocycles. The van der Waals surface area contributed by atoms with E-state index in [2.05, 4.69) is 77.9 Å². The zero-order valence-corrected chi connectivity index (χ0v) is 16.2. The maximum atomic E-state index is 8.17. The Hall–Kier alpha value is -1.45. The van der Waals surface area contributed by atoms with Crippen molar-refractivity contribution in [2.75, 3.05) is 0 Å². The van der Waals surface area contributed by atoms with Gasteiger partial charge >= 0.3 is 93.6 Å². The third kappa shape index (κ3) is 6.70. The van der Waals surface area contributed by atoms with Crippen LogP contribution in [0.1, 0.15) is 13.3 Å². The Labute approximate surface area is 136 Å². The molecular weight excluding hydrogens is 451 g/mol. The predicted molar refractivity (Wildman–Crippen MR) is 93.4 cm³/mol. The molecule has 0 N–H and O–H groups in total. The van der Waals surface area contributed by atoms with Crippen LogP contribution in [0.2, 0.25) is 4.63 Å². The average Bonchev–Trinajstić information content (AvgIpc) is 2.56. The molecule has 21 heavy (non-hydrogen) atoms. The normalized spacial score (nSPS) is 11.0. The first-order valence-electron chi connectivity index (χ1n) is 7.03. The van der Waals surface area contributed by atoms with Crippen molar-refractivity contribution in [2.45, 2.75) is 18.0 Å².